The Morgan fingerprint density at radius 3 is 0.805 bits per heavy atom. The van der Waals surface area contributed by atoms with Crippen molar-refractivity contribution in [3.63, 3.8) is 0 Å². The van der Waals surface area contributed by atoms with Crippen LogP contribution in [0.1, 0.15) is 41.5 Å². The van der Waals surface area contributed by atoms with Gasteiger partial charge in [0, 0.05) is 72.2 Å². The molecule has 0 saturated carbocycles. The first-order chi connectivity index (χ1) is 59.7. The van der Waals surface area contributed by atoms with E-state index in [0.717, 1.165) is 45.1 Å². The summed E-state index contributed by atoms with van der Waals surface area (Å²) in [5.41, 5.74) is 4.43. The second-order valence-corrected chi connectivity index (χ2v) is 39.6. The fourth-order valence-corrected chi connectivity index (χ4v) is 23.7. The SMILES string of the molecule is CC1(C)OB(c2cccnc2Cl)OC1(C)C.CCn1ncc2cc(-c3cccnc3Cl)ccc21.CCn1ncc2cc(Br)ccc21.[Pd].c1ccc(P(c2ccccc2)c2ccccc2)cc1.c1ccc(P(c2ccccc2)c2ccccc2)cc1.c1ccc(P(c2ccccc2)c2ccccc2)cc1.c1ccc(P(c2ccccc2)c2ccccc2)cc1. The number of benzene rings is 14. The van der Waals surface area contributed by atoms with Crippen LogP contribution in [0.15, 0.2) is 454 Å². The third kappa shape index (κ3) is 25.3. The van der Waals surface area contributed by atoms with E-state index in [4.69, 9.17) is 32.5 Å². The van der Waals surface area contributed by atoms with Crippen LogP contribution < -0.4 is 69.1 Å². The molecule has 1 aliphatic heterocycles. The van der Waals surface area contributed by atoms with Gasteiger partial charge in [0.1, 0.15) is 10.3 Å². The number of hydrogen-bond acceptors (Lipinski definition) is 6. The Labute approximate surface area is 762 Å². The van der Waals surface area contributed by atoms with Crippen LogP contribution in [-0.2, 0) is 42.8 Å². The number of fused-ring (bicyclic) bond motifs is 2. The van der Waals surface area contributed by atoms with Crippen LogP contribution in [0.2, 0.25) is 10.3 Å². The Bertz CT molecular complexity index is 5260. The summed E-state index contributed by atoms with van der Waals surface area (Å²) in [6, 6.07) is 149. The minimum atomic E-state index is -0.446. The minimum absolute atomic E-state index is 0. The number of aryl methyl sites for hydroxylation is 2. The van der Waals surface area contributed by atoms with Crippen molar-refractivity contribution in [2.45, 2.75) is 65.8 Å². The van der Waals surface area contributed by atoms with Crippen molar-refractivity contribution >= 4 is 169 Å². The van der Waals surface area contributed by atoms with Crippen molar-refractivity contribution in [1.29, 1.82) is 0 Å². The van der Waals surface area contributed by atoms with Gasteiger partial charge in [-0.3, -0.25) is 9.36 Å². The number of pyridine rings is 2. The normalized spacial score (nSPS) is 12.1. The average Bonchev–Trinajstić information content (AvgIpc) is 1.62. The van der Waals surface area contributed by atoms with Crippen LogP contribution in [0.5, 0.6) is 0 Å². The average molecular weight is 1880 g/mol. The third-order valence-corrected chi connectivity index (χ3v) is 31.3. The molecule has 1 saturated heterocycles. The van der Waals surface area contributed by atoms with Gasteiger partial charge in [-0.25, -0.2) is 9.97 Å². The summed E-state index contributed by atoms with van der Waals surface area (Å²) >= 11 is 15.6. The third-order valence-electron chi connectivity index (χ3n) is 20.4. The van der Waals surface area contributed by atoms with E-state index in [1.165, 1.54) is 74.6 Å². The van der Waals surface area contributed by atoms with E-state index >= 15 is 0 Å². The maximum absolute atomic E-state index is 6.11. The van der Waals surface area contributed by atoms with Gasteiger partial charge in [-0.2, -0.15) is 10.2 Å². The van der Waals surface area contributed by atoms with E-state index < -0.39 is 38.8 Å². The largest absolute Gasteiger partial charge is 0.498 e. The summed E-state index contributed by atoms with van der Waals surface area (Å²) in [7, 11) is -2.22. The molecule has 1 aliphatic rings. The maximum Gasteiger partial charge on any atom is 0.498 e. The molecule has 14 aromatic carbocycles. The van der Waals surface area contributed by atoms with Gasteiger partial charge in [-0.1, -0.05) is 415 Å². The van der Waals surface area contributed by atoms with Crippen molar-refractivity contribution in [2.24, 2.45) is 0 Å². The van der Waals surface area contributed by atoms with Crippen molar-refractivity contribution in [3.05, 3.63) is 464 Å². The van der Waals surface area contributed by atoms with Gasteiger partial charge in [0.05, 0.1) is 34.6 Å². The Morgan fingerprint density at radius 1 is 0.309 bits per heavy atom. The van der Waals surface area contributed by atoms with E-state index in [0.29, 0.717) is 10.3 Å². The zero-order valence-corrected chi connectivity index (χ0v) is 77.7. The second kappa shape index (κ2) is 47.0. The van der Waals surface area contributed by atoms with Crippen molar-refractivity contribution in [2.75, 3.05) is 0 Å². The molecular weight excluding hydrogens is 1780 g/mol. The number of rotatable bonds is 16. The molecule has 5 heterocycles. The minimum Gasteiger partial charge on any atom is -0.399 e. The molecular formula is C106H96BBrCl2N6O2P4Pd. The van der Waals surface area contributed by atoms with Crippen LogP contribution in [0, 0.1) is 0 Å². The second-order valence-electron chi connectivity index (χ2n) is 29.1. The molecule has 18 aromatic rings. The van der Waals surface area contributed by atoms with Gasteiger partial charge < -0.3 is 9.31 Å². The van der Waals surface area contributed by atoms with Gasteiger partial charge in [0.25, 0.3) is 0 Å². The van der Waals surface area contributed by atoms with Gasteiger partial charge in [0.2, 0.25) is 0 Å². The monoisotopic (exact) mass is 1870 g/mol. The molecule has 0 amide bonds. The molecule has 17 heteroatoms. The van der Waals surface area contributed by atoms with Gasteiger partial charge in [-0.15, -0.1) is 0 Å². The first kappa shape index (κ1) is 91.9. The molecule has 0 unspecified atom stereocenters. The molecule has 0 atom stereocenters. The van der Waals surface area contributed by atoms with E-state index in [-0.39, 0.29) is 31.6 Å². The van der Waals surface area contributed by atoms with Crippen LogP contribution in [-0.4, -0.2) is 47.8 Å². The van der Waals surface area contributed by atoms with Crippen LogP contribution in [0.3, 0.4) is 0 Å². The molecule has 123 heavy (non-hydrogen) atoms. The smallest absolute Gasteiger partial charge is 0.399 e. The Kier molecular flexibility index (Phi) is 35.1. The topological polar surface area (TPSA) is 79.9 Å². The van der Waals surface area contributed by atoms with E-state index in [9.17, 15) is 0 Å². The molecule has 0 spiro atoms. The summed E-state index contributed by atoms with van der Waals surface area (Å²) in [4.78, 5) is 8.13. The number of aromatic nitrogens is 6. The van der Waals surface area contributed by atoms with E-state index in [1.54, 1.807) is 12.4 Å². The quantitative estimate of drug-likeness (QED) is 0.0545. The molecule has 0 bridgehead atoms. The Balaban J connectivity index is 0.000000131. The Hall–Kier alpha value is -10.3. The molecule has 19 rings (SSSR count). The number of halogens is 3. The van der Waals surface area contributed by atoms with Crippen molar-refractivity contribution < 1.29 is 29.7 Å². The first-order valence-corrected chi connectivity index (χ1v) is 47.6. The standard InChI is InChI=1S/4C18H15P.C14H12ClN3.C11H15BClNO2.C9H9BrN2.Pd/c4*1-4-10-16(11-5-1)19(17-12-6-2-7-13-17)18-14-8-3-9-15-18;1-2-18-13-6-5-10(8-11(13)9-17-18)12-4-3-7-16-14(12)15;1-10(2)11(3,4)16-12(15-10)8-6-5-7-14-9(8)13;1-2-12-9-4-3-8(10)5-7(9)6-11-12;/h4*1-15H;3-9H,2H2,1H3;5-7H,1-4H3;3-6H,2H2,1H3;. The zero-order valence-electron chi connectivity index (χ0n) is 69.5. The number of hydrogen-bond donors (Lipinski definition) is 0. The summed E-state index contributed by atoms with van der Waals surface area (Å²) < 4.78 is 16.8. The first-order valence-electron chi connectivity index (χ1n) is 40.7. The molecule has 4 aromatic heterocycles. The van der Waals surface area contributed by atoms with Gasteiger partial charge in [0.15, 0.2) is 0 Å². The summed E-state index contributed by atoms with van der Waals surface area (Å²) in [6.45, 7) is 14.0. The maximum atomic E-state index is 6.11. The number of nitrogens with zero attached hydrogens (tertiary/aromatic N) is 6. The fraction of sp³-hybridized carbons (Fsp3) is 0.0943. The predicted octanol–water partition coefficient (Wildman–Crippen LogP) is 22.4. The van der Waals surface area contributed by atoms with E-state index in [2.05, 4.69) is 444 Å². The van der Waals surface area contributed by atoms with E-state index in [1.807, 2.05) is 79.8 Å². The summed E-state index contributed by atoms with van der Waals surface area (Å²) in [5.74, 6) is 0. The van der Waals surface area contributed by atoms with Crippen LogP contribution in [0.4, 0.5) is 0 Å². The Morgan fingerprint density at radius 2 is 0.553 bits per heavy atom. The van der Waals surface area contributed by atoms with Crippen molar-refractivity contribution in [3.8, 4) is 11.1 Å². The van der Waals surface area contributed by atoms with Crippen LogP contribution >= 0.6 is 70.8 Å². The van der Waals surface area contributed by atoms with Crippen LogP contribution in [0.25, 0.3) is 32.9 Å². The molecule has 0 radical (unpaired) electrons. The molecule has 616 valence electrons. The fourth-order valence-electron chi connectivity index (χ4n) is 13.7. The van der Waals surface area contributed by atoms with Gasteiger partial charge >= 0.3 is 7.12 Å². The summed E-state index contributed by atoms with van der Waals surface area (Å²) in [5, 5.41) is 28.6. The molecule has 8 nitrogen and oxygen atoms in total. The summed E-state index contributed by atoms with van der Waals surface area (Å²) in [6.07, 6.45) is 7.12. The predicted molar refractivity (Wildman–Crippen MR) is 532 cm³/mol. The van der Waals surface area contributed by atoms with Gasteiger partial charge in [-0.05, 0) is 191 Å². The van der Waals surface area contributed by atoms with Crippen molar-refractivity contribution in [1.82, 2.24) is 29.5 Å². The molecule has 0 aliphatic carbocycles. The molecule has 0 N–H and O–H groups in total. The molecule has 1 fully saturated rings. The zero-order chi connectivity index (χ0) is 84.7.